The number of amides is 1. The summed E-state index contributed by atoms with van der Waals surface area (Å²) < 4.78 is 27.5. The van der Waals surface area contributed by atoms with E-state index in [-0.39, 0.29) is 5.82 Å². The average Bonchev–Trinajstić information content (AvgIpc) is 3.11. The van der Waals surface area contributed by atoms with Gasteiger partial charge in [-0.25, -0.2) is 18.7 Å². The maximum absolute atomic E-state index is 13.7. The molecule has 0 aliphatic heterocycles. The van der Waals surface area contributed by atoms with Gasteiger partial charge in [0.1, 0.15) is 28.0 Å². The number of hydrogen-bond acceptors (Lipinski definition) is 5. The first-order valence-electron chi connectivity index (χ1n) is 8.62. The van der Waals surface area contributed by atoms with Crippen LogP contribution in [-0.4, -0.2) is 20.9 Å². The van der Waals surface area contributed by atoms with E-state index in [4.69, 9.17) is 0 Å². The highest BCUT2D eigenvalue weighted by molar-refractivity contribution is 7.15. The first kappa shape index (κ1) is 18.8. The van der Waals surface area contributed by atoms with Crippen molar-refractivity contribution in [2.45, 2.75) is 6.92 Å². The van der Waals surface area contributed by atoms with Crippen molar-refractivity contribution in [3.05, 3.63) is 83.1 Å². The third-order valence-electron chi connectivity index (χ3n) is 4.17. The number of rotatable bonds is 4. The van der Waals surface area contributed by atoms with Gasteiger partial charge in [0.05, 0.1) is 5.69 Å². The molecule has 0 atom stereocenters. The third-order valence-corrected chi connectivity index (χ3v) is 5.19. The minimum Gasteiger partial charge on any atom is -0.306 e. The molecule has 0 spiro atoms. The molecule has 3 heterocycles. The SMILES string of the molecule is Cc1sc(-c2cccnc2)nc1-c1ccc(NC(=O)c2c(F)cccc2F)nc1. The van der Waals surface area contributed by atoms with Crippen LogP contribution in [0.25, 0.3) is 21.8 Å². The standard InChI is InChI=1S/C21H14F2N4OS/c1-12-19(27-21(29-12)14-4-3-9-24-10-14)13-7-8-17(25-11-13)26-20(28)18-15(22)5-2-6-16(18)23/h2-11H,1H3,(H,25,26,28). The maximum atomic E-state index is 13.7. The second-order valence-electron chi connectivity index (χ2n) is 6.15. The van der Waals surface area contributed by atoms with Crippen molar-refractivity contribution in [1.82, 2.24) is 15.0 Å². The minimum atomic E-state index is -0.930. The second kappa shape index (κ2) is 7.84. The topological polar surface area (TPSA) is 67.8 Å². The van der Waals surface area contributed by atoms with Gasteiger partial charge in [0.25, 0.3) is 5.91 Å². The normalized spacial score (nSPS) is 10.7. The molecule has 5 nitrogen and oxygen atoms in total. The summed E-state index contributed by atoms with van der Waals surface area (Å²) in [6.07, 6.45) is 5.01. The fourth-order valence-corrected chi connectivity index (χ4v) is 3.70. The number of thiazole rings is 1. The van der Waals surface area contributed by atoms with Gasteiger partial charge in [0.2, 0.25) is 0 Å². The van der Waals surface area contributed by atoms with Crippen molar-refractivity contribution in [3.63, 3.8) is 0 Å². The monoisotopic (exact) mass is 408 g/mol. The lowest BCUT2D eigenvalue weighted by Crippen LogP contribution is -2.16. The van der Waals surface area contributed by atoms with Crippen LogP contribution in [0.4, 0.5) is 14.6 Å². The lowest BCUT2D eigenvalue weighted by atomic mass is 10.1. The zero-order valence-corrected chi connectivity index (χ0v) is 16.0. The van der Waals surface area contributed by atoms with Crippen LogP contribution in [-0.2, 0) is 0 Å². The number of halogens is 2. The fourth-order valence-electron chi connectivity index (χ4n) is 2.78. The molecule has 0 saturated heterocycles. The number of nitrogens with one attached hydrogen (secondary N) is 1. The fraction of sp³-hybridized carbons (Fsp3) is 0.0476. The Hall–Kier alpha value is -3.52. The molecule has 3 aromatic heterocycles. The highest BCUT2D eigenvalue weighted by atomic mass is 32.1. The van der Waals surface area contributed by atoms with Crippen LogP contribution in [0.1, 0.15) is 15.2 Å². The Morgan fingerprint density at radius 1 is 1.00 bits per heavy atom. The van der Waals surface area contributed by atoms with Crippen LogP contribution in [0, 0.1) is 18.6 Å². The zero-order chi connectivity index (χ0) is 20.4. The molecule has 1 aromatic carbocycles. The summed E-state index contributed by atoms with van der Waals surface area (Å²) in [6, 6.07) is 10.4. The van der Waals surface area contributed by atoms with Gasteiger partial charge in [-0.15, -0.1) is 11.3 Å². The Morgan fingerprint density at radius 3 is 2.45 bits per heavy atom. The van der Waals surface area contributed by atoms with Gasteiger partial charge in [-0.2, -0.15) is 0 Å². The van der Waals surface area contributed by atoms with Gasteiger partial charge in [-0.05, 0) is 43.3 Å². The Morgan fingerprint density at radius 2 is 1.79 bits per heavy atom. The summed E-state index contributed by atoms with van der Waals surface area (Å²) in [5.41, 5.74) is 1.83. The van der Waals surface area contributed by atoms with Crippen LogP contribution in [0.3, 0.4) is 0 Å². The van der Waals surface area contributed by atoms with E-state index in [1.165, 1.54) is 6.07 Å². The van der Waals surface area contributed by atoms with Gasteiger partial charge in [-0.3, -0.25) is 9.78 Å². The molecule has 0 aliphatic rings. The first-order chi connectivity index (χ1) is 14.0. The molecule has 1 N–H and O–H groups in total. The predicted octanol–water partition coefficient (Wildman–Crippen LogP) is 5.11. The van der Waals surface area contributed by atoms with Crippen LogP contribution in [0.15, 0.2) is 61.1 Å². The molecular weight excluding hydrogens is 394 g/mol. The van der Waals surface area contributed by atoms with Gasteiger partial charge in [-0.1, -0.05) is 6.07 Å². The van der Waals surface area contributed by atoms with Crippen LogP contribution in [0.5, 0.6) is 0 Å². The smallest absolute Gasteiger partial charge is 0.262 e. The molecular formula is C21H14F2N4OS. The van der Waals surface area contributed by atoms with Gasteiger partial charge in [0.15, 0.2) is 0 Å². The number of aromatic nitrogens is 3. The minimum absolute atomic E-state index is 0.182. The van der Waals surface area contributed by atoms with Crippen LogP contribution in [0.2, 0.25) is 0 Å². The largest absolute Gasteiger partial charge is 0.306 e. The van der Waals surface area contributed by atoms with E-state index in [1.807, 2.05) is 19.1 Å². The number of benzene rings is 1. The van der Waals surface area contributed by atoms with Crippen LogP contribution >= 0.6 is 11.3 Å². The number of hydrogen-bond donors (Lipinski definition) is 1. The summed E-state index contributed by atoms with van der Waals surface area (Å²) >= 11 is 1.55. The van der Waals surface area contributed by atoms with Crippen molar-refractivity contribution >= 4 is 23.1 Å². The van der Waals surface area contributed by atoms with Crippen molar-refractivity contribution < 1.29 is 13.6 Å². The molecule has 144 valence electrons. The summed E-state index contributed by atoms with van der Waals surface area (Å²) in [7, 11) is 0. The quantitative estimate of drug-likeness (QED) is 0.510. The summed E-state index contributed by atoms with van der Waals surface area (Å²) in [5.74, 6) is -2.58. The molecule has 4 rings (SSSR count). The molecule has 8 heteroatoms. The highest BCUT2D eigenvalue weighted by Gasteiger charge is 2.18. The first-order valence-corrected chi connectivity index (χ1v) is 9.44. The Bertz CT molecular complexity index is 1160. The molecule has 29 heavy (non-hydrogen) atoms. The van der Waals surface area contributed by atoms with E-state index in [2.05, 4.69) is 20.3 Å². The number of carbonyl (C=O) groups excluding carboxylic acids is 1. The van der Waals surface area contributed by atoms with Gasteiger partial charge in [0, 0.05) is 34.6 Å². The van der Waals surface area contributed by atoms with Crippen molar-refractivity contribution in [2.24, 2.45) is 0 Å². The van der Waals surface area contributed by atoms with Crippen molar-refractivity contribution in [1.29, 1.82) is 0 Å². The maximum Gasteiger partial charge on any atom is 0.262 e. The molecule has 4 aromatic rings. The summed E-state index contributed by atoms with van der Waals surface area (Å²) in [5, 5.41) is 3.25. The third kappa shape index (κ3) is 3.88. The van der Waals surface area contributed by atoms with E-state index >= 15 is 0 Å². The van der Waals surface area contributed by atoms with Gasteiger partial charge >= 0.3 is 0 Å². The Labute approximate surface area is 169 Å². The Balaban J connectivity index is 1.56. The van der Waals surface area contributed by atoms with Gasteiger partial charge < -0.3 is 5.32 Å². The molecule has 1 amide bonds. The number of carbonyl (C=O) groups is 1. The molecule has 0 fully saturated rings. The lowest BCUT2D eigenvalue weighted by molar-refractivity contribution is 0.101. The van der Waals surface area contributed by atoms with Crippen molar-refractivity contribution in [3.8, 4) is 21.8 Å². The number of anilines is 1. The molecule has 0 bridgehead atoms. The second-order valence-corrected chi connectivity index (χ2v) is 7.35. The van der Waals surface area contributed by atoms with Crippen LogP contribution < -0.4 is 5.32 Å². The van der Waals surface area contributed by atoms with E-state index in [0.29, 0.717) is 0 Å². The lowest BCUT2D eigenvalue weighted by Gasteiger charge is -2.07. The summed E-state index contributed by atoms with van der Waals surface area (Å²) in [4.78, 5) is 26.1. The Kier molecular flexibility index (Phi) is 5.09. The highest BCUT2D eigenvalue weighted by Crippen LogP contribution is 2.32. The molecule has 0 radical (unpaired) electrons. The molecule has 0 aliphatic carbocycles. The van der Waals surface area contributed by atoms with E-state index in [1.54, 1.807) is 42.1 Å². The zero-order valence-electron chi connectivity index (χ0n) is 15.2. The number of aryl methyl sites for hydroxylation is 1. The average molecular weight is 408 g/mol. The van der Waals surface area contributed by atoms with E-state index in [0.717, 1.165) is 38.8 Å². The van der Waals surface area contributed by atoms with Crippen molar-refractivity contribution in [2.75, 3.05) is 5.32 Å². The molecule has 0 unspecified atom stereocenters. The molecule has 0 saturated carbocycles. The number of pyridine rings is 2. The van der Waals surface area contributed by atoms with E-state index < -0.39 is 23.1 Å². The summed E-state index contributed by atoms with van der Waals surface area (Å²) in [6.45, 7) is 1.96. The predicted molar refractivity (Wildman–Crippen MR) is 108 cm³/mol. The number of nitrogens with zero attached hydrogens (tertiary/aromatic N) is 3. The van der Waals surface area contributed by atoms with E-state index in [9.17, 15) is 13.6 Å².